The number of ether oxygens (including phenoxy) is 1. The Morgan fingerprint density at radius 1 is 1.47 bits per heavy atom. The summed E-state index contributed by atoms with van der Waals surface area (Å²) in [5.74, 6) is -1.03. The average Bonchev–Trinajstić information content (AvgIpc) is 2.86. The van der Waals surface area contributed by atoms with E-state index in [-0.39, 0.29) is 19.2 Å². The van der Waals surface area contributed by atoms with Gasteiger partial charge in [0, 0.05) is 17.3 Å². The van der Waals surface area contributed by atoms with Gasteiger partial charge < -0.3 is 9.84 Å². The second-order valence-electron chi connectivity index (χ2n) is 4.07. The molecule has 0 saturated heterocycles. The highest BCUT2D eigenvalue weighted by molar-refractivity contribution is 7.09. The highest BCUT2D eigenvalue weighted by atomic mass is 32.1. The van der Waals surface area contributed by atoms with E-state index in [4.69, 9.17) is 9.84 Å². The molecule has 0 spiro atoms. The van der Waals surface area contributed by atoms with Gasteiger partial charge in [0.2, 0.25) is 0 Å². The van der Waals surface area contributed by atoms with Gasteiger partial charge in [-0.1, -0.05) is 13.0 Å². The molecular weight excluding hydrogens is 266 g/mol. The van der Waals surface area contributed by atoms with Crippen LogP contribution < -0.4 is 0 Å². The number of thiophene rings is 1. The quantitative estimate of drug-likeness (QED) is 0.836. The molecule has 1 N–H and O–H groups in total. The first-order chi connectivity index (χ1) is 9.08. The van der Waals surface area contributed by atoms with Crippen LogP contribution in [0.4, 0.5) is 4.79 Å². The number of carbonyl (C=O) groups is 2. The van der Waals surface area contributed by atoms with Crippen LogP contribution >= 0.6 is 11.3 Å². The van der Waals surface area contributed by atoms with Crippen molar-refractivity contribution in [1.29, 1.82) is 0 Å². The minimum Gasteiger partial charge on any atom is -0.480 e. The monoisotopic (exact) mass is 285 g/mol. The summed E-state index contributed by atoms with van der Waals surface area (Å²) in [6.45, 7) is 3.55. The van der Waals surface area contributed by atoms with Crippen LogP contribution in [0.5, 0.6) is 0 Å². The molecule has 0 saturated carbocycles. The molecule has 1 aromatic rings. The number of rotatable bonds is 7. The maximum atomic E-state index is 11.9. The molecular formula is C13H19NO4S. The van der Waals surface area contributed by atoms with Crippen LogP contribution in [0.25, 0.3) is 0 Å². The zero-order valence-electron chi connectivity index (χ0n) is 11.2. The Bertz CT molecular complexity index is 405. The third kappa shape index (κ3) is 4.90. The molecule has 0 aliphatic rings. The van der Waals surface area contributed by atoms with Crippen LogP contribution in [0.15, 0.2) is 17.5 Å². The summed E-state index contributed by atoms with van der Waals surface area (Å²) in [6, 6.07) is 3.77. The normalized spacial score (nSPS) is 11.9. The smallest absolute Gasteiger partial charge is 0.410 e. The lowest BCUT2D eigenvalue weighted by molar-refractivity contribution is -0.138. The summed E-state index contributed by atoms with van der Waals surface area (Å²) in [6.07, 6.45) is 0.776. The molecule has 1 aromatic heterocycles. The van der Waals surface area contributed by atoms with Gasteiger partial charge in [-0.15, -0.1) is 11.3 Å². The SMILES string of the molecule is CCOC(=O)N(CC(=O)O)C(CC)Cc1cccs1. The highest BCUT2D eigenvalue weighted by Crippen LogP contribution is 2.17. The Balaban J connectivity index is 2.79. The predicted octanol–water partition coefficient (Wildman–Crippen LogP) is 2.61. The number of hydrogen-bond acceptors (Lipinski definition) is 4. The summed E-state index contributed by atoms with van der Waals surface area (Å²) in [4.78, 5) is 25.2. The first kappa shape index (κ1) is 15.5. The maximum absolute atomic E-state index is 11.9. The van der Waals surface area contributed by atoms with E-state index in [1.54, 1.807) is 18.3 Å². The fourth-order valence-electron chi connectivity index (χ4n) is 1.83. The zero-order chi connectivity index (χ0) is 14.3. The van der Waals surface area contributed by atoms with Crippen LogP contribution in [0, 0.1) is 0 Å². The van der Waals surface area contributed by atoms with Crippen LogP contribution in [-0.4, -0.2) is 41.3 Å². The van der Waals surface area contributed by atoms with Crippen molar-refractivity contribution >= 4 is 23.4 Å². The molecule has 0 aliphatic heterocycles. The van der Waals surface area contributed by atoms with Crippen molar-refractivity contribution in [2.45, 2.75) is 32.7 Å². The lowest BCUT2D eigenvalue weighted by Gasteiger charge is -2.28. The molecule has 1 unspecified atom stereocenters. The van der Waals surface area contributed by atoms with E-state index in [0.717, 1.165) is 4.88 Å². The van der Waals surface area contributed by atoms with Crippen molar-refractivity contribution in [2.75, 3.05) is 13.2 Å². The second kappa shape index (κ2) is 7.78. The molecule has 0 bridgehead atoms. The lowest BCUT2D eigenvalue weighted by Crippen LogP contribution is -2.44. The third-order valence-corrected chi connectivity index (χ3v) is 3.64. The van der Waals surface area contributed by atoms with E-state index in [0.29, 0.717) is 12.8 Å². The van der Waals surface area contributed by atoms with Crippen molar-refractivity contribution in [3.05, 3.63) is 22.4 Å². The van der Waals surface area contributed by atoms with Crippen molar-refractivity contribution in [3.8, 4) is 0 Å². The molecule has 1 amide bonds. The number of carboxylic acids is 1. The lowest BCUT2D eigenvalue weighted by atomic mass is 10.1. The Morgan fingerprint density at radius 2 is 2.21 bits per heavy atom. The molecule has 5 nitrogen and oxygen atoms in total. The van der Waals surface area contributed by atoms with Crippen molar-refractivity contribution < 1.29 is 19.4 Å². The molecule has 0 aromatic carbocycles. The molecule has 0 aliphatic carbocycles. The van der Waals surface area contributed by atoms with Crippen LogP contribution in [0.1, 0.15) is 25.1 Å². The number of nitrogens with zero attached hydrogens (tertiary/aromatic N) is 1. The van der Waals surface area contributed by atoms with Crippen LogP contribution in [-0.2, 0) is 16.0 Å². The van der Waals surface area contributed by atoms with Gasteiger partial charge in [0.15, 0.2) is 0 Å². The van der Waals surface area contributed by atoms with Gasteiger partial charge in [-0.3, -0.25) is 9.69 Å². The molecule has 19 heavy (non-hydrogen) atoms. The summed E-state index contributed by atoms with van der Waals surface area (Å²) in [5, 5.41) is 10.9. The minimum atomic E-state index is -1.03. The van der Waals surface area contributed by atoms with E-state index in [9.17, 15) is 9.59 Å². The predicted molar refractivity (Wildman–Crippen MR) is 73.5 cm³/mol. The van der Waals surface area contributed by atoms with Crippen molar-refractivity contribution in [2.24, 2.45) is 0 Å². The Morgan fingerprint density at radius 3 is 2.68 bits per heavy atom. The molecule has 6 heteroatoms. The van der Waals surface area contributed by atoms with Crippen LogP contribution in [0.2, 0.25) is 0 Å². The second-order valence-corrected chi connectivity index (χ2v) is 5.10. The Hall–Kier alpha value is -1.56. The number of aliphatic carboxylic acids is 1. The summed E-state index contributed by atoms with van der Waals surface area (Å²) in [5.41, 5.74) is 0. The first-order valence-electron chi connectivity index (χ1n) is 6.26. The van der Waals surface area contributed by atoms with Gasteiger partial charge in [-0.25, -0.2) is 4.79 Å². The van der Waals surface area contributed by atoms with Crippen LogP contribution in [0.3, 0.4) is 0 Å². The van der Waals surface area contributed by atoms with Gasteiger partial charge >= 0.3 is 12.1 Å². The largest absolute Gasteiger partial charge is 0.480 e. The standard InChI is InChI=1S/C13H19NO4S/c1-3-10(8-11-6-5-7-19-11)14(9-12(15)16)13(17)18-4-2/h5-7,10H,3-4,8-9H2,1-2H3,(H,15,16). The molecule has 1 rings (SSSR count). The van der Waals surface area contributed by atoms with Gasteiger partial charge in [0.25, 0.3) is 0 Å². The Kier molecular flexibility index (Phi) is 6.35. The molecule has 1 heterocycles. The Labute approximate surface area is 116 Å². The first-order valence-corrected chi connectivity index (χ1v) is 7.14. The maximum Gasteiger partial charge on any atom is 0.410 e. The summed E-state index contributed by atoms with van der Waals surface area (Å²) < 4.78 is 4.93. The van der Waals surface area contributed by atoms with Crippen molar-refractivity contribution in [1.82, 2.24) is 4.90 Å². The third-order valence-electron chi connectivity index (χ3n) is 2.74. The number of hydrogen-bond donors (Lipinski definition) is 1. The fourth-order valence-corrected chi connectivity index (χ4v) is 2.61. The molecule has 106 valence electrons. The van der Waals surface area contributed by atoms with Gasteiger partial charge in [0.05, 0.1) is 6.61 Å². The van der Waals surface area contributed by atoms with Gasteiger partial charge in [0.1, 0.15) is 6.54 Å². The molecule has 0 radical (unpaired) electrons. The highest BCUT2D eigenvalue weighted by Gasteiger charge is 2.26. The van der Waals surface area contributed by atoms with E-state index in [1.807, 2.05) is 24.4 Å². The fraction of sp³-hybridized carbons (Fsp3) is 0.538. The molecule has 0 fully saturated rings. The zero-order valence-corrected chi connectivity index (χ0v) is 12.0. The minimum absolute atomic E-state index is 0.159. The molecule has 1 atom stereocenters. The number of carboxylic acid groups (broad SMARTS) is 1. The van der Waals surface area contributed by atoms with Crippen molar-refractivity contribution in [3.63, 3.8) is 0 Å². The van der Waals surface area contributed by atoms with E-state index in [2.05, 4.69) is 0 Å². The van der Waals surface area contributed by atoms with Gasteiger partial charge in [-0.2, -0.15) is 0 Å². The summed E-state index contributed by atoms with van der Waals surface area (Å²) >= 11 is 1.60. The summed E-state index contributed by atoms with van der Waals surface area (Å²) in [7, 11) is 0. The van der Waals surface area contributed by atoms with E-state index in [1.165, 1.54) is 4.90 Å². The number of amides is 1. The van der Waals surface area contributed by atoms with Gasteiger partial charge in [-0.05, 0) is 24.8 Å². The topological polar surface area (TPSA) is 66.8 Å². The van der Waals surface area contributed by atoms with E-state index >= 15 is 0 Å². The van der Waals surface area contributed by atoms with E-state index < -0.39 is 12.1 Å². The number of carbonyl (C=O) groups excluding carboxylic acids is 1. The average molecular weight is 285 g/mol.